The lowest BCUT2D eigenvalue weighted by atomic mass is 9.89. The second-order valence-electron chi connectivity index (χ2n) is 7.13. The number of hydrogen-bond donors (Lipinski definition) is 2. The molecular formula is C22H23ClN2O5. The summed E-state index contributed by atoms with van der Waals surface area (Å²) < 4.78 is 16.0. The van der Waals surface area contributed by atoms with Gasteiger partial charge in [-0.2, -0.15) is 0 Å². The predicted octanol–water partition coefficient (Wildman–Crippen LogP) is 4.29. The van der Waals surface area contributed by atoms with Crippen molar-refractivity contribution in [1.29, 1.82) is 0 Å². The minimum absolute atomic E-state index is 0.0999. The molecule has 158 valence electrons. The van der Waals surface area contributed by atoms with E-state index in [9.17, 15) is 9.90 Å². The average molecular weight is 431 g/mol. The fourth-order valence-corrected chi connectivity index (χ4v) is 3.80. The van der Waals surface area contributed by atoms with E-state index in [0.29, 0.717) is 29.5 Å². The Morgan fingerprint density at radius 1 is 1.27 bits per heavy atom. The fourth-order valence-electron chi connectivity index (χ4n) is 3.67. The van der Waals surface area contributed by atoms with Crippen LogP contribution < -0.4 is 19.9 Å². The number of carbonyl (C=O) groups is 1. The molecule has 2 aromatic carbocycles. The van der Waals surface area contributed by atoms with Crippen molar-refractivity contribution >= 4 is 23.3 Å². The van der Waals surface area contributed by atoms with Crippen molar-refractivity contribution in [2.24, 2.45) is 0 Å². The first-order valence-corrected chi connectivity index (χ1v) is 10.2. The van der Waals surface area contributed by atoms with Crippen molar-refractivity contribution in [2.75, 3.05) is 18.4 Å². The van der Waals surface area contributed by atoms with Gasteiger partial charge in [0.25, 0.3) is 0 Å². The first kappa shape index (κ1) is 20.4. The number of hydrazine groups is 1. The summed E-state index contributed by atoms with van der Waals surface area (Å²) in [5, 5.41) is 12.6. The largest absolute Gasteiger partial charge is 0.494 e. The van der Waals surface area contributed by atoms with Crippen LogP contribution in [0, 0.1) is 0 Å². The molecule has 0 aromatic heterocycles. The van der Waals surface area contributed by atoms with Gasteiger partial charge in [-0.05, 0) is 67.3 Å². The lowest BCUT2D eigenvalue weighted by Gasteiger charge is -2.24. The fraction of sp³-hybridized carbons (Fsp3) is 0.318. The summed E-state index contributed by atoms with van der Waals surface area (Å²) in [5.74, 6) is 1.06. The van der Waals surface area contributed by atoms with Crippen molar-refractivity contribution in [3.8, 4) is 11.5 Å². The highest BCUT2D eigenvalue weighted by Crippen LogP contribution is 2.37. The van der Waals surface area contributed by atoms with E-state index in [1.807, 2.05) is 30.3 Å². The maximum Gasteiger partial charge on any atom is 0.306 e. The Hall–Kier alpha value is -2.90. The van der Waals surface area contributed by atoms with E-state index < -0.39 is 0 Å². The van der Waals surface area contributed by atoms with E-state index in [1.165, 1.54) is 0 Å². The van der Waals surface area contributed by atoms with Crippen LogP contribution in [-0.2, 0) is 9.53 Å². The quantitative estimate of drug-likeness (QED) is 0.634. The molecule has 0 bridgehead atoms. The molecule has 0 saturated carbocycles. The molecule has 4 rings (SSSR count). The molecule has 0 spiro atoms. The predicted molar refractivity (Wildman–Crippen MR) is 113 cm³/mol. The summed E-state index contributed by atoms with van der Waals surface area (Å²) in [6.45, 7) is 2.31. The maximum absolute atomic E-state index is 12.2. The molecule has 2 atom stereocenters. The molecule has 0 amide bonds. The second kappa shape index (κ2) is 8.85. The zero-order chi connectivity index (χ0) is 21.1. The number of carbonyl (C=O) groups excluding carboxylic acids is 1. The molecule has 0 aliphatic carbocycles. The number of benzene rings is 2. The molecule has 0 radical (unpaired) electrons. The Morgan fingerprint density at radius 3 is 2.80 bits per heavy atom. The molecule has 7 nitrogen and oxygen atoms in total. The minimum Gasteiger partial charge on any atom is -0.494 e. The number of halogens is 1. The van der Waals surface area contributed by atoms with E-state index in [0.717, 1.165) is 11.3 Å². The van der Waals surface area contributed by atoms with E-state index in [1.54, 1.807) is 30.1 Å². The zero-order valence-corrected chi connectivity index (χ0v) is 17.3. The van der Waals surface area contributed by atoms with Gasteiger partial charge in [-0.15, -0.1) is 0 Å². The molecular weight excluding hydrogens is 408 g/mol. The molecule has 0 saturated heterocycles. The van der Waals surface area contributed by atoms with Gasteiger partial charge < -0.3 is 19.3 Å². The third-order valence-electron chi connectivity index (χ3n) is 5.08. The van der Waals surface area contributed by atoms with Crippen LogP contribution in [0.4, 0.5) is 5.69 Å². The van der Waals surface area contributed by atoms with Gasteiger partial charge in [-0.1, -0.05) is 17.7 Å². The summed E-state index contributed by atoms with van der Waals surface area (Å²) in [6.07, 6.45) is 2.54. The Labute approximate surface area is 179 Å². The van der Waals surface area contributed by atoms with Gasteiger partial charge >= 0.3 is 5.97 Å². The molecule has 0 fully saturated rings. The lowest BCUT2D eigenvalue weighted by molar-refractivity contribution is -0.143. The Morgan fingerprint density at radius 2 is 2.03 bits per heavy atom. The normalized spacial score (nSPS) is 18.3. The number of rotatable bonds is 7. The van der Waals surface area contributed by atoms with Gasteiger partial charge in [-0.25, -0.2) is 10.4 Å². The minimum atomic E-state index is -0.263. The Bertz CT molecular complexity index is 947. The summed E-state index contributed by atoms with van der Waals surface area (Å²) in [5.41, 5.74) is 4.99. The molecule has 2 aromatic rings. The molecule has 2 heterocycles. The van der Waals surface area contributed by atoms with Crippen molar-refractivity contribution in [1.82, 2.24) is 5.43 Å². The van der Waals surface area contributed by atoms with Gasteiger partial charge in [0, 0.05) is 5.02 Å². The molecule has 30 heavy (non-hydrogen) atoms. The van der Waals surface area contributed by atoms with Gasteiger partial charge in [-0.3, -0.25) is 4.79 Å². The average Bonchev–Trinajstić information content (AvgIpc) is 3.34. The standard InChI is InChI=1S/C22H23ClN2O5/c1-2-28-22(27)11-15(14-3-8-19-20(10-14)30-13-29-19)9-17-12-21(26)25(24-17)18-6-4-16(23)5-7-18/h3-8,10,12,15,17,24,26H,2,9,11,13H2,1H3. The highest BCUT2D eigenvalue weighted by molar-refractivity contribution is 6.30. The number of esters is 1. The van der Waals surface area contributed by atoms with E-state index in [2.05, 4.69) is 5.43 Å². The van der Waals surface area contributed by atoms with E-state index in [-0.39, 0.29) is 37.0 Å². The maximum atomic E-state index is 12.2. The van der Waals surface area contributed by atoms with E-state index >= 15 is 0 Å². The molecule has 2 unspecified atom stereocenters. The number of anilines is 1. The third-order valence-corrected chi connectivity index (χ3v) is 5.34. The topological polar surface area (TPSA) is 80.3 Å². The Kier molecular flexibility index (Phi) is 6.01. The number of aliphatic hydroxyl groups is 1. The van der Waals surface area contributed by atoms with E-state index in [4.69, 9.17) is 25.8 Å². The first-order chi connectivity index (χ1) is 14.5. The van der Waals surface area contributed by atoms with Crippen LogP contribution >= 0.6 is 11.6 Å². The number of aliphatic hydroxyl groups excluding tert-OH is 1. The van der Waals surface area contributed by atoms with Crippen molar-refractivity contribution in [3.05, 3.63) is 65.0 Å². The summed E-state index contributed by atoms with van der Waals surface area (Å²) in [4.78, 5) is 12.2. The Balaban J connectivity index is 1.51. The highest BCUT2D eigenvalue weighted by atomic mass is 35.5. The number of hydrogen-bond acceptors (Lipinski definition) is 7. The van der Waals surface area contributed by atoms with Crippen molar-refractivity contribution in [2.45, 2.75) is 31.7 Å². The van der Waals surface area contributed by atoms with Gasteiger partial charge in [0.1, 0.15) is 0 Å². The lowest BCUT2D eigenvalue weighted by Crippen LogP contribution is -2.38. The second-order valence-corrected chi connectivity index (χ2v) is 7.56. The van der Waals surface area contributed by atoms with Crippen LogP contribution in [-0.4, -0.2) is 30.5 Å². The third kappa shape index (κ3) is 4.47. The van der Waals surface area contributed by atoms with Crippen LogP contribution in [0.25, 0.3) is 0 Å². The smallest absolute Gasteiger partial charge is 0.306 e. The molecule has 2 aliphatic rings. The highest BCUT2D eigenvalue weighted by Gasteiger charge is 2.29. The monoisotopic (exact) mass is 430 g/mol. The van der Waals surface area contributed by atoms with Crippen LogP contribution in [0.3, 0.4) is 0 Å². The zero-order valence-electron chi connectivity index (χ0n) is 16.5. The number of ether oxygens (including phenoxy) is 3. The first-order valence-electron chi connectivity index (χ1n) is 9.81. The van der Waals surface area contributed by atoms with Gasteiger partial charge in [0.2, 0.25) is 12.7 Å². The van der Waals surface area contributed by atoms with Crippen LogP contribution in [0.5, 0.6) is 11.5 Å². The SMILES string of the molecule is CCOC(=O)CC(CC1C=C(O)N(c2ccc(Cl)cc2)N1)c1ccc2c(c1)OCO2. The van der Waals surface area contributed by atoms with Crippen molar-refractivity contribution in [3.63, 3.8) is 0 Å². The number of fused-ring (bicyclic) bond motifs is 1. The van der Waals surface area contributed by atoms with Crippen molar-refractivity contribution < 1.29 is 24.1 Å². The number of nitrogens with one attached hydrogen (secondary N) is 1. The summed E-state index contributed by atoms with van der Waals surface area (Å²) in [7, 11) is 0. The van der Waals surface area contributed by atoms with Crippen LogP contribution in [0.2, 0.25) is 5.02 Å². The van der Waals surface area contributed by atoms with Crippen LogP contribution in [0.1, 0.15) is 31.2 Å². The van der Waals surface area contributed by atoms with Gasteiger partial charge in [0.05, 0.1) is 24.8 Å². The summed E-state index contributed by atoms with van der Waals surface area (Å²) >= 11 is 5.96. The van der Waals surface area contributed by atoms with Crippen LogP contribution in [0.15, 0.2) is 54.4 Å². The number of nitrogens with zero attached hydrogens (tertiary/aromatic N) is 1. The molecule has 8 heteroatoms. The molecule has 2 N–H and O–H groups in total. The summed E-state index contributed by atoms with van der Waals surface area (Å²) in [6, 6.07) is 12.7. The van der Waals surface area contributed by atoms with Gasteiger partial charge in [0.15, 0.2) is 11.5 Å². The molecule has 2 aliphatic heterocycles.